The summed E-state index contributed by atoms with van der Waals surface area (Å²) >= 11 is 0. The van der Waals surface area contributed by atoms with E-state index in [-0.39, 0.29) is 32.5 Å². The second-order valence-electron chi connectivity index (χ2n) is 20.0. The van der Waals surface area contributed by atoms with E-state index in [0.717, 1.165) is 24.0 Å². The molecular weight excluding hydrogens is 571 g/mol. The Bertz CT molecular complexity index is 1730. The molecular formula is C45H63NO. The first-order valence-electron chi connectivity index (χ1n) is 17.9. The predicted octanol–water partition coefficient (Wildman–Crippen LogP) is 12.4. The van der Waals surface area contributed by atoms with Gasteiger partial charge in [-0.3, -0.25) is 0 Å². The standard InChI is InChI=1S/C45H63NO/c1-39(2,3)28-43(13,14)45(42(10,11)12)27-35(30-19-17-16-18-20-30)38(47)44(15,29-45)46-36-23-21-31(40(4,5)6)25-33(36)34-26-32(41(7,8)9)22-24-37(34)46/h16-27,38,47H,28-29H2,1-15H3. The fraction of sp³-hybridized carbons (Fsp3) is 0.556. The normalized spacial score (nSPS) is 23.4. The third kappa shape index (κ3) is 6.03. The molecule has 3 atom stereocenters. The van der Waals surface area contributed by atoms with Gasteiger partial charge < -0.3 is 9.67 Å². The molecule has 0 fully saturated rings. The molecule has 0 spiro atoms. The van der Waals surface area contributed by atoms with E-state index >= 15 is 0 Å². The monoisotopic (exact) mass is 633 g/mol. The minimum atomic E-state index is -0.700. The van der Waals surface area contributed by atoms with E-state index in [1.165, 1.54) is 32.9 Å². The number of hydrogen-bond donors (Lipinski definition) is 1. The maximum absolute atomic E-state index is 12.9. The lowest BCUT2D eigenvalue weighted by molar-refractivity contribution is -0.0786. The van der Waals surface area contributed by atoms with Crippen LogP contribution in [0.5, 0.6) is 0 Å². The minimum Gasteiger partial charge on any atom is -0.386 e. The Morgan fingerprint density at radius 1 is 0.681 bits per heavy atom. The number of aliphatic hydroxyl groups is 1. The van der Waals surface area contributed by atoms with Gasteiger partial charge in [-0.25, -0.2) is 0 Å². The Kier molecular flexibility index (Phi) is 8.37. The van der Waals surface area contributed by atoms with Crippen molar-refractivity contribution >= 4 is 27.4 Å². The van der Waals surface area contributed by atoms with Crippen molar-refractivity contribution in [2.24, 2.45) is 21.7 Å². The lowest BCUT2D eigenvalue weighted by atomic mass is 9.45. The van der Waals surface area contributed by atoms with Gasteiger partial charge in [0.2, 0.25) is 0 Å². The van der Waals surface area contributed by atoms with Crippen molar-refractivity contribution in [2.75, 3.05) is 0 Å². The maximum atomic E-state index is 12.9. The summed E-state index contributed by atoms with van der Waals surface area (Å²) in [6.45, 7) is 35.5. The lowest BCUT2D eigenvalue weighted by Gasteiger charge is -2.61. The number of allylic oxidation sites excluding steroid dienone is 1. The van der Waals surface area contributed by atoms with Crippen LogP contribution in [0, 0.1) is 21.7 Å². The van der Waals surface area contributed by atoms with E-state index in [0.29, 0.717) is 0 Å². The van der Waals surface area contributed by atoms with Gasteiger partial charge in [0.15, 0.2) is 0 Å². The van der Waals surface area contributed by atoms with Crippen LogP contribution in [-0.4, -0.2) is 15.8 Å². The van der Waals surface area contributed by atoms with Crippen LogP contribution in [0.1, 0.15) is 133 Å². The van der Waals surface area contributed by atoms with Gasteiger partial charge in [0, 0.05) is 27.2 Å². The van der Waals surface area contributed by atoms with Gasteiger partial charge in [0.1, 0.15) is 6.10 Å². The van der Waals surface area contributed by atoms with Gasteiger partial charge in [0.05, 0.1) is 5.54 Å². The molecule has 2 nitrogen and oxygen atoms in total. The molecule has 1 aromatic heterocycles. The Morgan fingerprint density at radius 2 is 1.15 bits per heavy atom. The highest BCUT2D eigenvalue weighted by atomic mass is 16.3. The molecule has 0 aliphatic heterocycles. The Hall–Kier alpha value is -2.84. The molecule has 1 aliphatic rings. The SMILES string of the molecule is CC(C)(C)CC(C)(C)C1(C(C)(C)C)C=C(c2ccccc2)C(O)C(C)(n2c3ccc(C(C)(C)C)cc3c3cc(C(C)(C)C)ccc32)C1. The van der Waals surface area contributed by atoms with Gasteiger partial charge in [-0.2, -0.15) is 0 Å². The summed E-state index contributed by atoms with van der Waals surface area (Å²) in [6, 6.07) is 24.8. The largest absolute Gasteiger partial charge is 0.386 e. The summed E-state index contributed by atoms with van der Waals surface area (Å²) in [5.74, 6) is 0. The molecule has 3 aromatic carbocycles. The summed E-state index contributed by atoms with van der Waals surface area (Å²) in [4.78, 5) is 0. The summed E-state index contributed by atoms with van der Waals surface area (Å²) in [5.41, 5.74) is 6.41. The summed E-state index contributed by atoms with van der Waals surface area (Å²) in [5, 5.41) is 15.5. The Labute approximate surface area is 286 Å². The van der Waals surface area contributed by atoms with Crippen LogP contribution in [0.4, 0.5) is 0 Å². The average Bonchev–Trinajstić information content (AvgIpc) is 3.26. The van der Waals surface area contributed by atoms with Gasteiger partial charge >= 0.3 is 0 Å². The highest BCUT2D eigenvalue weighted by Crippen LogP contribution is 2.65. The van der Waals surface area contributed by atoms with Crippen molar-refractivity contribution in [2.45, 2.75) is 139 Å². The summed E-state index contributed by atoms with van der Waals surface area (Å²) in [6.07, 6.45) is 3.71. The first kappa shape index (κ1) is 35.5. The third-order valence-corrected chi connectivity index (χ3v) is 11.6. The van der Waals surface area contributed by atoms with E-state index in [2.05, 4.69) is 181 Å². The number of fused-ring (bicyclic) bond motifs is 3. The van der Waals surface area contributed by atoms with E-state index < -0.39 is 11.6 Å². The van der Waals surface area contributed by atoms with E-state index in [1.807, 2.05) is 0 Å². The first-order chi connectivity index (χ1) is 21.3. The molecule has 0 bridgehead atoms. The topological polar surface area (TPSA) is 25.2 Å². The fourth-order valence-electron chi connectivity index (χ4n) is 9.39. The highest BCUT2D eigenvalue weighted by molar-refractivity contribution is 6.09. The number of aromatic nitrogens is 1. The second kappa shape index (κ2) is 11.1. The molecule has 47 heavy (non-hydrogen) atoms. The molecule has 0 amide bonds. The van der Waals surface area contributed by atoms with Crippen molar-refractivity contribution < 1.29 is 5.11 Å². The first-order valence-corrected chi connectivity index (χ1v) is 17.9. The average molecular weight is 634 g/mol. The number of hydrogen-bond acceptors (Lipinski definition) is 1. The van der Waals surface area contributed by atoms with Crippen molar-refractivity contribution in [1.29, 1.82) is 0 Å². The van der Waals surface area contributed by atoms with Gasteiger partial charge in [0.25, 0.3) is 0 Å². The molecule has 0 saturated heterocycles. The zero-order chi connectivity index (χ0) is 35.2. The Balaban J connectivity index is 1.93. The number of nitrogens with zero attached hydrogens (tertiary/aromatic N) is 1. The smallest absolute Gasteiger partial charge is 0.103 e. The van der Waals surface area contributed by atoms with Gasteiger partial charge in [-0.05, 0) is 93.4 Å². The molecule has 1 heterocycles. The molecule has 0 radical (unpaired) electrons. The minimum absolute atomic E-state index is 0.0279. The zero-order valence-electron chi connectivity index (χ0n) is 32.3. The highest BCUT2D eigenvalue weighted by Gasteiger charge is 2.60. The quantitative estimate of drug-likeness (QED) is 0.238. The summed E-state index contributed by atoms with van der Waals surface area (Å²) < 4.78 is 2.55. The molecule has 1 N–H and O–H groups in total. The predicted molar refractivity (Wildman–Crippen MR) is 205 cm³/mol. The van der Waals surface area contributed by atoms with Crippen LogP contribution in [0.25, 0.3) is 27.4 Å². The molecule has 3 unspecified atom stereocenters. The van der Waals surface area contributed by atoms with Crippen LogP contribution in [-0.2, 0) is 16.4 Å². The molecule has 2 heteroatoms. The molecule has 0 saturated carbocycles. The molecule has 4 aromatic rings. The number of benzene rings is 3. The van der Waals surface area contributed by atoms with Crippen LogP contribution in [0.3, 0.4) is 0 Å². The van der Waals surface area contributed by atoms with Gasteiger partial charge in [-0.1, -0.05) is 145 Å². The van der Waals surface area contributed by atoms with Crippen LogP contribution >= 0.6 is 0 Å². The fourth-order valence-corrected chi connectivity index (χ4v) is 9.39. The second-order valence-corrected chi connectivity index (χ2v) is 20.0. The molecule has 254 valence electrons. The van der Waals surface area contributed by atoms with E-state index in [9.17, 15) is 5.11 Å². The van der Waals surface area contributed by atoms with E-state index in [4.69, 9.17) is 0 Å². The Morgan fingerprint density at radius 3 is 1.55 bits per heavy atom. The van der Waals surface area contributed by atoms with Crippen LogP contribution in [0.15, 0.2) is 72.8 Å². The van der Waals surface area contributed by atoms with E-state index in [1.54, 1.807) is 0 Å². The lowest BCUT2D eigenvalue weighted by Crippen LogP contribution is -2.58. The van der Waals surface area contributed by atoms with Gasteiger partial charge in [-0.15, -0.1) is 0 Å². The zero-order valence-corrected chi connectivity index (χ0v) is 32.3. The van der Waals surface area contributed by atoms with Crippen molar-refractivity contribution in [1.82, 2.24) is 4.57 Å². The van der Waals surface area contributed by atoms with Crippen LogP contribution < -0.4 is 0 Å². The van der Waals surface area contributed by atoms with Crippen LogP contribution in [0.2, 0.25) is 0 Å². The third-order valence-electron chi connectivity index (χ3n) is 11.6. The summed E-state index contributed by atoms with van der Waals surface area (Å²) in [7, 11) is 0. The van der Waals surface area contributed by atoms with Crippen molar-refractivity contribution in [3.05, 3.63) is 89.5 Å². The van der Waals surface area contributed by atoms with Crippen molar-refractivity contribution in [3.63, 3.8) is 0 Å². The van der Waals surface area contributed by atoms with Crippen molar-refractivity contribution in [3.8, 4) is 0 Å². The maximum Gasteiger partial charge on any atom is 0.103 e. The molecule has 1 aliphatic carbocycles. The molecule has 5 rings (SSSR count). The number of rotatable bonds is 4. The number of aliphatic hydroxyl groups excluding tert-OH is 1.